The zero-order valence-corrected chi connectivity index (χ0v) is 3.76. The van der Waals surface area contributed by atoms with E-state index in [0.29, 0.717) is 12.8 Å². The van der Waals surface area contributed by atoms with Gasteiger partial charge in [-0.2, -0.15) is 0 Å². The molecule has 0 radical (unpaired) electrons. The molecular formula is C4H6O3. The van der Waals surface area contributed by atoms with Crippen LogP contribution in [-0.2, 0) is 9.53 Å². The topological polar surface area (TPSA) is 46.5 Å². The van der Waals surface area contributed by atoms with Crippen LogP contribution in [0.15, 0.2) is 0 Å². The quantitative estimate of drug-likeness (QED) is 0.382. The molecule has 40 valence electrons. The zero-order chi connectivity index (χ0) is 5.33. The minimum Gasteiger partial charge on any atom is -0.435 e. The van der Waals surface area contributed by atoms with Crippen molar-refractivity contribution in [1.29, 1.82) is 0 Å². The van der Waals surface area contributed by atoms with E-state index in [0.717, 1.165) is 0 Å². The highest BCUT2D eigenvalue weighted by molar-refractivity contribution is 5.38. The van der Waals surface area contributed by atoms with E-state index in [1.165, 1.54) is 0 Å². The summed E-state index contributed by atoms with van der Waals surface area (Å²) in [5, 5.41) is 8.68. The molecule has 0 aliphatic heterocycles. The van der Waals surface area contributed by atoms with Gasteiger partial charge in [-0.25, -0.2) is 0 Å². The van der Waals surface area contributed by atoms with Crippen LogP contribution in [0.2, 0.25) is 0 Å². The lowest BCUT2D eigenvalue weighted by Gasteiger charge is -2.00. The maximum atomic E-state index is 9.48. The van der Waals surface area contributed by atoms with Gasteiger partial charge in [0.2, 0.25) is 5.79 Å². The number of carbonyl (C=O) groups is 1. The minimum atomic E-state index is -1.07. The summed E-state index contributed by atoms with van der Waals surface area (Å²) >= 11 is 0. The number of hydrogen-bond acceptors (Lipinski definition) is 3. The monoisotopic (exact) mass is 102 g/mol. The zero-order valence-electron chi connectivity index (χ0n) is 3.76. The van der Waals surface area contributed by atoms with Crippen LogP contribution in [0.1, 0.15) is 12.8 Å². The number of ether oxygens (including phenoxy) is 1. The predicted molar refractivity (Wildman–Crippen MR) is 21.3 cm³/mol. The van der Waals surface area contributed by atoms with E-state index in [2.05, 4.69) is 4.74 Å². The summed E-state index contributed by atoms with van der Waals surface area (Å²) < 4.78 is 4.22. The van der Waals surface area contributed by atoms with Crippen molar-refractivity contribution in [2.75, 3.05) is 0 Å². The molecule has 0 aromatic rings. The molecule has 0 unspecified atom stereocenters. The lowest BCUT2D eigenvalue weighted by molar-refractivity contribution is -0.158. The number of aliphatic hydroxyl groups is 1. The second-order valence-corrected chi connectivity index (χ2v) is 1.66. The first-order valence-electron chi connectivity index (χ1n) is 2.11. The Morgan fingerprint density at radius 2 is 2.29 bits per heavy atom. The van der Waals surface area contributed by atoms with E-state index in [9.17, 15) is 4.79 Å². The Morgan fingerprint density at radius 1 is 1.71 bits per heavy atom. The van der Waals surface area contributed by atoms with Gasteiger partial charge in [0.15, 0.2) is 0 Å². The van der Waals surface area contributed by atoms with Gasteiger partial charge in [0.05, 0.1) is 0 Å². The van der Waals surface area contributed by atoms with E-state index >= 15 is 0 Å². The molecule has 1 aliphatic rings. The summed E-state index contributed by atoms with van der Waals surface area (Å²) in [7, 11) is 0. The van der Waals surface area contributed by atoms with Crippen molar-refractivity contribution < 1.29 is 14.6 Å². The molecule has 1 N–H and O–H groups in total. The van der Waals surface area contributed by atoms with Crippen molar-refractivity contribution in [3.8, 4) is 0 Å². The van der Waals surface area contributed by atoms with Crippen molar-refractivity contribution in [3.63, 3.8) is 0 Å². The third-order valence-electron chi connectivity index (χ3n) is 0.945. The SMILES string of the molecule is O=COC1(O)CC1. The molecule has 0 aromatic carbocycles. The molecular weight excluding hydrogens is 96.0 g/mol. The molecule has 0 bridgehead atoms. The second kappa shape index (κ2) is 1.20. The Kier molecular flexibility index (Phi) is 0.785. The normalized spacial score (nSPS) is 23.6. The molecule has 0 heterocycles. The van der Waals surface area contributed by atoms with E-state index < -0.39 is 5.79 Å². The van der Waals surface area contributed by atoms with E-state index in [1.807, 2.05) is 0 Å². The van der Waals surface area contributed by atoms with E-state index in [4.69, 9.17) is 5.11 Å². The highest BCUT2D eigenvalue weighted by atomic mass is 16.7. The van der Waals surface area contributed by atoms with Crippen molar-refractivity contribution in [2.24, 2.45) is 0 Å². The summed E-state index contributed by atoms with van der Waals surface area (Å²) in [5.74, 6) is -1.07. The number of carbonyl (C=O) groups excluding carboxylic acids is 1. The van der Waals surface area contributed by atoms with Crippen LogP contribution in [-0.4, -0.2) is 17.4 Å². The first-order chi connectivity index (χ1) is 3.27. The largest absolute Gasteiger partial charge is 0.435 e. The molecule has 0 aromatic heterocycles. The van der Waals surface area contributed by atoms with Gasteiger partial charge in [0.1, 0.15) is 0 Å². The number of rotatable bonds is 2. The number of hydrogen-bond donors (Lipinski definition) is 1. The van der Waals surface area contributed by atoms with Gasteiger partial charge < -0.3 is 9.84 Å². The van der Waals surface area contributed by atoms with Gasteiger partial charge in [0.25, 0.3) is 6.47 Å². The Labute approximate surface area is 40.9 Å². The Morgan fingerprint density at radius 3 is 2.43 bits per heavy atom. The van der Waals surface area contributed by atoms with Crippen LogP contribution in [0.3, 0.4) is 0 Å². The van der Waals surface area contributed by atoms with E-state index in [1.54, 1.807) is 0 Å². The van der Waals surface area contributed by atoms with Crippen LogP contribution in [0.4, 0.5) is 0 Å². The Balaban J connectivity index is 2.25. The minimum absolute atomic E-state index is 0.271. The highest BCUT2D eigenvalue weighted by Crippen LogP contribution is 2.34. The van der Waals surface area contributed by atoms with E-state index in [-0.39, 0.29) is 6.47 Å². The fourth-order valence-corrected chi connectivity index (χ4v) is 0.314. The van der Waals surface area contributed by atoms with Crippen LogP contribution < -0.4 is 0 Å². The van der Waals surface area contributed by atoms with Gasteiger partial charge >= 0.3 is 0 Å². The summed E-state index contributed by atoms with van der Waals surface area (Å²) in [6.07, 6.45) is 1.18. The van der Waals surface area contributed by atoms with Crippen molar-refractivity contribution >= 4 is 6.47 Å². The summed E-state index contributed by atoms with van der Waals surface area (Å²) in [6.45, 7) is 0.271. The second-order valence-electron chi connectivity index (χ2n) is 1.66. The maximum absolute atomic E-state index is 9.48. The summed E-state index contributed by atoms with van der Waals surface area (Å²) in [6, 6.07) is 0. The molecule has 3 heteroatoms. The molecule has 3 nitrogen and oxygen atoms in total. The van der Waals surface area contributed by atoms with Gasteiger partial charge in [-0.3, -0.25) is 4.79 Å². The lowest BCUT2D eigenvalue weighted by atomic mass is 10.7. The van der Waals surface area contributed by atoms with Gasteiger partial charge in [0, 0.05) is 12.8 Å². The summed E-state index contributed by atoms with van der Waals surface area (Å²) in [5.41, 5.74) is 0. The molecule has 1 rings (SSSR count). The molecule has 1 fully saturated rings. The molecule has 0 atom stereocenters. The van der Waals surface area contributed by atoms with Crippen molar-refractivity contribution in [2.45, 2.75) is 18.6 Å². The molecule has 7 heavy (non-hydrogen) atoms. The lowest BCUT2D eigenvalue weighted by Crippen LogP contribution is -2.10. The van der Waals surface area contributed by atoms with Gasteiger partial charge in [-0.1, -0.05) is 0 Å². The predicted octanol–water partition coefficient (Wildman–Crippen LogP) is -0.358. The highest BCUT2D eigenvalue weighted by Gasteiger charge is 2.42. The first-order valence-corrected chi connectivity index (χ1v) is 2.11. The molecule has 0 spiro atoms. The Bertz CT molecular complexity index is 84.9. The third-order valence-corrected chi connectivity index (χ3v) is 0.945. The van der Waals surface area contributed by atoms with Crippen LogP contribution >= 0.6 is 0 Å². The maximum Gasteiger partial charge on any atom is 0.295 e. The van der Waals surface area contributed by atoms with Crippen LogP contribution in [0, 0.1) is 0 Å². The van der Waals surface area contributed by atoms with Crippen molar-refractivity contribution in [1.82, 2.24) is 0 Å². The molecule has 0 saturated heterocycles. The third kappa shape index (κ3) is 0.899. The van der Waals surface area contributed by atoms with Gasteiger partial charge in [-0.05, 0) is 0 Å². The molecule has 0 amide bonds. The average Bonchev–Trinajstić information content (AvgIpc) is 2.22. The smallest absolute Gasteiger partial charge is 0.295 e. The van der Waals surface area contributed by atoms with Crippen LogP contribution in [0.25, 0.3) is 0 Å². The fourth-order valence-electron chi connectivity index (χ4n) is 0.314. The summed E-state index contributed by atoms with van der Waals surface area (Å²) in [4.78, 5) is 9.48. The van der Waals surface area contributed by atoms with Gasteiger partial charge in [-0.15, -0.1) is 0 Å². The standard InChI is InChI=1S/C4H6O3/c5-3-7-4(6)1-2-4/h3,6H,1-2H2. The average molecular weight is 102 g/mol. The fraction of sp³-hybridized carbons (Fsp3) is 0.750. The van der Waals surface area contributed by atoms with Crippen molar-refractivity contribution in [3.05, 3.63) is 0 Å². The first kappa shape index (κ1) is 4.59. The van der Waals surface area contributed by atoms with Crippen LogP contribution in [0.5, 0.6) is 0 Å². The molecule has 1 saturated carbocycles. The Hall–Kier alpha value is -0.570. The molecule has 1 aliphatic carbocycles.